The van der Waals surface area contributed by atoms with Gasteiger partial charge in [-0.25, -0.2) is 9.07 Å². The van der Waals surface area contributed by atoms with Crippen molar-refractivity contribution in [1.29, 1.82) is 0 Å². The van der Waals surface area contributed by atoms with E-state index in [1.54, 1.807) is 23.2 Å². The van der Waals surface area contributed by atoms with Gasteiger partial charge in [-0.3, -0.25) is 9.59 Å². The molecule has 4 rings (SSSR count). The van der Waals surface area contributed by atoms with Gasteiger partial charge in [0, 0.05) is 35.1 Å². The summed E-state index contributed by atoms with van der Waals surface area (Å²) in [5.41, 5.74) is 1.60. The van der Waals surface area contributed by atoms with Gasteiger partial charge in [-0.05, 0) is 32.0 Å². The van der Waals surface area contributed by atoms with E-state index in [1.165, 1.54) is 10.9 Å². The van der Waals surface area contributed by atoms with E-state index in [0.29, 0.717) is 5.56 Å². The molecule has 0 bridgehead atoms. The smallest absolute Gasteiger partial charge is 0.273 e. The molecular weight excluding hydrogens is 375 g/mol. The average molecular weight is 398 g/mol. The zero-order chi connectivity index (χ0) is 20.5. The Morgan fingerprint density at radius 3 is 2.97 bits per heavy atom. The first kappa shape index (κ1) is 19.1. The first-order valence-electron chi connectivity index (χ1n) is 9.64. The van der Waals surface area contributed by atoms with Crippen LogP contribution in [0.3, 0.4) is 0 Å². The number of hydrogen-bond acceptors (Lipinski definition) is 4. The minimum atomic E-state index is -1.10. The summed E-state index contributed by atoms with van der Waals surface area (Å²) in [6.45, 7) is 4.03. The first-order valence-corrected chi connectivity index (χ1v) is 9.64. The fraction of sp³-hybridized carbons (Fsp3) is 0.400. The number of aromatic nitrogens is 4. The zero-order valence-electron chi connectivity index (χ0n) is 16.3. The fourth-order valence-electron chi connectivity index (χ4n) is 3.75. The van der Waals surface area contributed by atoms with E-state index >= 15 is 0 Å². The molecule has 2 amide bonds. The van der Waals surface area contributed by atoms with Gasteiger partial charge in [0.05, 0.1) is 25.3 Å². The van der Waals surface area contributed by atoms with Gasteiger partial charge >= 0.3 is 0 Å². The van der Waals surface area contributed by atoms with Crippen LogP contribution in [0.5, 0.6) is 0 Å². The molecule has 2 aromatic heterocycles. The van der Waals surface area contributed by atoms with Gasteiger partial charge in [0.1, 0.15) is 6.17 Å². The van der Waals surface area contributed by atoms with Crippen molar-refractivity contribution < 1.29 is 14.0 Å². The molecule has 9 heteroatoms. The summed E-state index contributed by atoms with van der Waals surface area (Å²) in [5.74, 6) is -0.522. The van der Waals surface area contributed by atoms with Crippen LogP contribution in [0.2, 0.25) is 0 Å². The summed E-state index contributed by atoms with van der Waals surface area (Å²) >= 11 is 0. The lowest BCUT2D eigenvalue weighted by Gasteiger charge is -2.24. The molecule has 29 heavy (non-hydrogen) atoms. The van der Waals surface area contributed by atoms with Crippen LogP contribution in [0.4, 0.5) is 4.39 Å². The fourth-order valence-corrected chi connectivity index (χ4v) is 3.75. The second kappa shape index (κ2) is 7.65. The number of benzene rings is 1. The number of alkyl halides is 1. The second-order valence-electron chi connectivity index (χ2n) is 7.64. The van der Waals surface area contributed by atoms with Crippen LogP contribution in [0.15, 0.2) is 36.7 Å². The zero-order valence-corrected chi connectivity index (χ0v) is 16.3. The normalized spacial score (nSPS) is 19.2. The summed E-state index contributed by atoms with van der Waals surface area (Å²) in [6.07, 6.45) is 2.43. The highest BCUT2D eigenvalue weighted by Crippen LogP contribution is 2.26. The highest BCUT2D eigenvalue weighted by molar-refractivity contribution is 6.06. The first-order chi connectivity index (χ1) is 13.9. The lowest BCUT2D eigenvalue weighted by molar-refractivity contribution is 0.0716. The third kappa shape index (κ3) is 3.85. The monoisotopic (exact) mass is 398 g/mol. The van der Waals surface area contributed by atoms with E-state index in [4.69, 9.17) is 0 Å². The molecule has 1 aliphatic heterocycles. The van der Waals surface area contributed by atoms with Crippen molar-refractivity contribution in [3.05, 3.63) is 47.9 Å². The van der Waals surface area contributed by atoms with Crippen LogP contribution in [0.25, 0.3) is 10.9 Å². The van der Waals surface area contributed by atoms with Crippen LogP contribution >= 0.6 is 0 Å². The number of halogens is 1. The molecule has 8 nitrogen and oxygen atoms in total. The molecule has 3 heterocycles. The van der Waals surface area contributed by atoms with Crippen LogP contribution in [-0.2, 0) is 6.54 Å². The number of hydrogen-bond donors (Lipinski definition) is 2. The lowest BCUT2D eigenvalue weighted by Crippen LogP contribution is -2.38. The van der Waals surface area contributed by atoms with Crippen molar-refractivity contribution in [2.24, 2.45) is 0 Å². The van der Waals surface area contributed by atoms with Gasteiger partial charge in [-0.1, -0.05) is 11.3 Å². The van der Waals surface area contributed by atoms with E-state index in [1.807, 2.05) is 26.0 Å². The van der Waals surface area contributed by atoms with Crippen molar-refractivity contribution in [2.45, 2.75) is 45.1 Å². The molecular formula is C20H23FN6O2. The van der Waals surface area contributed by atoms with Crippen molar-refractivity contribution in [3.63, 3.8) is 0 Å². The van der Waals surface area contributed by atoms with Gasteiger partial charge in [-0.2, -0.15) is 0 Å². The summed E-state index contributed by atoms with van der Waals surface area (Å²) < 4.78 is 15.7. The summed E-state index contributed by atoms with van der Waals surface area (Å²) in [7, 11) is 0. The Labute approximate surface area is 167 Å². The molecule has 0 spiro atoms. The van der Waals surface area contributed by atoms with Crippen LogP contribution in [-0.4, -0.2) is 61.5 Å². The summed E-state index contributed by atoms with van der Waals surface area (Å²) in [5, 5.41) is 11.4. The number of amides is 2. The molecule has 152 valence electrons. The van der Waals surface area contributed by atoms with E-state index in [0.717, 1.165) is 10.9 Å². The number of nitrogens with one attached hydrogen (secondary N) is 2. The van der Waals surface area contributed by atoms with Crippen LogP contribution in [0.1, 0.15) is 41.1 Å². The third-order valence-electron chi connectivity index (χ3n) is 5.04. The third-order valence-corrected chi connectivity index (χ3v) is 5.04. The topological polar surface area (TPSA) is 95.9 Å². The molecule has 0 saturated carbocycles. The van der Waals surface area contributed by atoms with Gasteiger partial charge in [0.25, 0.3) is 11.8 Å². The molecule has 3 aromatic rings. The number of fused-ring (bicyclic) bond motifs is 1. The number of nitrogens with zero attached hydrogens (tertiary/aromatic N) is 4. The summed E-state index contributed by atoms with van der Waals surface area (Å²) in [4.78, 5) is 29.9. The Morgan fingerprint density at radius 2 is 2.17 bits per heavy atom. The van der Waals surface area contributed by atoms with Crippen LogP contribution in [0, 0.1) is 0 Å². The lowest BCUT2D eigenvalue weighted by atomic mass is 10.1. The number of carbonyl (C=O) groups excluding carboxylic acids is 2. The number of carbonyl (C=O) groups is 2. The molecule has 1 saturated heterocycles. The van der Waals surface area contributed by atoms with Crippen molar-refractivity contribution >= 4 is 22.7 Å². The van der Waals surface area contributed by atoms with E-state index in [9.17, 15) is 14.0 Å². The number of likely N-dealkylation sites (tertiary alicyclic amines) is 1. The molecule has 1 fully saturated rings. The minimum Gasteiger partial charge on any atom is -0.361 e. The quantitative estimate of drug-likeness (QED) is 0.688. The molecule has 2 atom stereocenters. The molecule has 2 N–H and O–H groups in total. The maximum atomic E-state index is 14.2. The van der Waals surface area contributed by atoms with Gasteiger partial charge in [0.15, 0.2) is 5.69 Å². The molecule has 0 aliphatic carbocycles. The largest absolute Gasteiger partial charge is 0.361 e. The Bertz CT molecular complexity index is 1040. The maximum absolute atomic E-state index is 14.2. The highest BCUT2D eigenvalue weighted by Gasteiger charge is 2.36. The Balaban J connectivity index is 1.53. The van der Waals surface area contributed by atoms with Crippen molar-refractivity contribution in [2.75, 3.05) is 6.54 Å². The SMILES string of the molecule is CC(C)NC(=O)c1cn(C[C@@H]2C[C@H](F)CN2C(=O)c2cccc3[nH]ccc23)nn1. The number of aromatic amines is 1. The second-order valence-corrected chi connectivity index (χ2v) is 7.64. The van der Waals surface area contributed by atoms with E-state index in [2.05, 4.69) is 20.6 Å². The Morgan fingerprint density at radius 1 is 1.34 bits per heavy atom. The Hall–Kier alpha value is -3.23. The average Bonchev–Trinajstić information content (AvgIpc) is 3.40. The molecule has 0 unspecified atom stereocenters. The molecule has 1 aromatic carbocycles. The standard InChI is InChI=1S/C20H23FN6O2/c1-12(2)23-19(28)18-11-26(25-24-18)10-14-8-13(21)9-27(14)20(29)16-4-3-5-17-15(16)6-7-22-17/h3-7,11-14,22H,8-10H2,1-2H3,(H,23,28)/t13-,14-/m0/s1. The maximum Gasteiger partial charge on any atom is 0.273 e. The van der Waals surface area contributed by atoms with Crippen molar-refractivity contribution in [1.82, 2.24) is 30.2 Å². The predicted molar refractivity (Wildman–Crippen MR) is 105 cm³/mol. The molecule has 1 aliphatic rings. The number of H-pyrrole nitrogens is 1. The Kier molecular flexibility index (Phi) is 5.04. The van der Waals surface area contributed by atoms with E-state index < -0.39 is 6.17 Å². The predicted octanol–water partition coefficient (Wildman–Crippen LogP) is 2.15. The number of rotatable bonds is 5. The van der Waals surface area contributed by atoms with E-state index in [-0.39, 0.29) is 49.1 Å². The highest BCUT2D eigenvalue weighted by atomic mass is 19.1. The van der Waals surface area contributed by atoms with Crippen LogP contribution < -0.4 is 5.32 Å². The van der Waals surface area contributed by atoms with Gasteiger partial charge in [-0.15, -0.1) is 5.10 Å². The summed E-state index contributed by atoms with van der Waals surface area (Å²) in [6, 6.07) is 6.92. The van der Waals surface area contributed by atoms with Gasteiger partial charge in [0.2, 0.25) is 0 Å². The van der Waals surface area contributed by atoms with Crippen molar-refractivity contribution in [3.8, 4) is 0 Å². The molecule has 0 radical (unpaired) electrons. The minimum absolute atomic E-state index is 0.0148. The van der Waals surface area contributed by atoms with Gasteiger partial charge < -0.3 is 15.2 Å².